The van der Waals surface area contributed by atoms with Gasteiger partial charge in [0.25, 0.3) is 0 Å². The van der Waals surface area contributed by atoms with E-state index in [2.05, 4.69) is 26.3 Å². The smallest absolute Gasteiger partial charge is 0.160 e. The lowest BCUT2D eigenvalue weighted by atomic mass is 10.0. The highest BCUT2D eigenvalue weighted by molar-refractivity contribution is 5.71. The third-order valence-corrected chi connectivity index (χ3v) is 5.00. The Labute approximate surface area is 131 Å². The minimum atomic E-state index is 0.493. The van der Waals surface area contributed by atoms with Gasteiger partial charge in [0, 0.05) is 31.2 Å². The Hall–Kier alpha value is -1.46. The fourth-order valence-electron chi connectivity index (χ4n) is 3.88. The van der Waals surface area contributed by atoms with Crippen LogP contribution in [0.15, 0.2) is 18.3 Å². The second-order valence-electron chi connectivity index (χ2n) is 6.60. The van der Waals surface area contributed by atoms with Crippen LogP contribution in [-0.2, 0) is 6.42 Å². The molecule has 2 unspecified atom stereocenters. The molecule has 0 aliphatic carbocycles. The van der Waals surface area contributed by atoms with E-state index in [0.717, 1.165) is 37.2 Å². The van der Waals surface area contributed by atoms with Gasteiger partial charge in [-0.25, -0.2) is 9.97 Å². The third kappa shape index (κ3) is 2.75. The van der Waals surface area contributed by atoms with Crippen molar-refractivity contribution in [1.82, 2.24) is 25.2 Å². The van der Waals surface area contributed by atoms with Gasteiger partial charge in [0.15, 0.2) is 5.65 Å². The molecule has 4 rings (SSSR count). The van der Waals surface area contributed by atoms with Gasteiger partial charge in [-0.3, -0.25) is 0 Å². The molecule has 2 N–H and O–H groups in total. The maximum Gasteiger partial charge on any atom is 0.160 e. The summed E-state index contributed by atoms with van der Waals surface area (Å²) in [4.78, 5) is 9.54. The number of nitrogens with one attached hydrogen (secondary N) is 2. The van der Waals surface area contributed by atoms with E-state index >= 15 is 0 Å². The lowest BCUT2D eigenvalue weighted by Gasteiger charge is -2.28. The molecule has 2 atom stereocenters. The molecule has 2 fully saturated rings. The van der Waals surface area contributed by atoms with Gasteiger partial charge < -0.3 is 15.2 Å². The molecule has 2 aliphatic rings. The van der Waals surface area contributed by atoms with E-state index < -0.39 is 0 Å². The zero-order chi connectivity index (χ0) is 14.8. The zero-order valence-electron chi connectivity index (χ0n) is 13.1. The van der Waals surface area contributed by atoms with Crippen LogP contribution >= 0.6 is 0 Å². The van der Waals surface area contributed by atoms with E-state index in [0.29, 0.717) is 12.1 Å². The molecule has 0 aromatic carbocycles. The topological polar surface area (TPSA) is 54.8 Å². The molecule has 2 aromatic heterocycles. The number of nitrogens with zero attached hydrogens (tertiary/aromatic N) is 3. The van der Waals surface area contributed by atoms with Gasteiger partial charge in [-0.05, 0) is 50.9 Å². The molecule has 22 heavy (non-hydrogen) atoms. The van der Waals surface area contributed by atoms with E-state index in [4.69, 9.17) is 4.98 Å². The number of rotatable bonds is 3. The first-order valence-electron chi connectivity index (χ1n) is 8.68. The highest BCUT2D eigenvalue weighted by Gasteiger charge is 2.24. The van der Waals surface area contributed by atoms with Crippen molar-refractivity contribution in [2.24, 2.45) is 0 Å². The summed E-state index contributed by atoms with van der Waals surface area (Å²) in [6.45, 7) is 3.32. The number of imidazole rings is 1. The van der Waals surface area contributed by atoms with Crippen molar-refractivity contribution in [3.05, 3.63) is 24.2 Å². The van der Waals surface area contributed by atoms with Crippen LogP contribution in [0.5, 0.6) is 0 Å². The normalized spacial score (nSPS) is 26.4. The van der Waals surface area contributed by atoms with E-state index in [9.17, 15) is 0 Å². The molecule has 0 saturated carbocycles. The number of piperidine rings is 2. The van der Waals surface area contributed by atoms with Crippen LogP contribution in [0.25, 0.3) is 11.2 Å². The van der Waals surface area contributed by atoms with Crippen molar-refractivity contribution in [1.29, 1.82) is 0 Å². The first-order valence-corrected chi connectivity index (χ1v) is 8.68. The van der Waals surface area contributed by atoms with Gasteiger partial charge in [0.05, 0.1) is 0 Å². The summed E-state index contributed by atoms with van der Waals surface area (Å²) in [5.74, 6) is 1.21. The van der Waals surface area contributed by atoms with Crippen LogP contribution in [0.2, 0.25) is 0 Å². The molecule has 2 aromatic rings. The number of pyridine rings is 1. The molecule has 118 valence electrons. The summed E-state index contributed by atoms with van der Waals surface area (Å²) in [6, 6.07) is 5.14. The van der Waals surface area contributed by atoms with Gasteiger partial charge >= 0.3 is 0 Å². The average molecular weight is 299 g/mol. The van der Waals surface area contributed by atoms with Crippen molar-refractivity contribution in [3.63, 3.8) is 0 Å². The molecular weight excluding hydrogens is 274 g/mol. The number of hydrogen-bond donors (Lipinski definition) is 2. The molecule has 5 nitrogen and oxygen atoms in total. The lowest BCUT2D eigenvalue weighted by Crippen LogP contribution is -2.37. The van der Waals surface area contributed by atoms with Gasteiger partial charge in [-0.1, -0.05) is 6.42 Å². The summed E-state index contributed by atoms with van der Waals surface area (Å²) < 4.78 is 2.41. The van der Waals surface area contributed by atoms with E-state index in [1.54, 1.807) is 0 Å². The Morgan fingerprint density at radius 2 is 2.18 bits per heavy atom. The Kier molecular flexibility index (Phi) is 4.08. The molecule has 0 spiro atoms. The predicted octanol–water partition coefficient (Wildman–Crippen LogP) is 2.04. The van der Waals surface area contributed by atoms with Gasteiger partial charge in [-0.15, -0.1) is 0 Å². The fourth-order valence-corrected chi connectivity index (χ4v) is 3.88. The van der Waals surface area contributed by atoms with E-state index in [1.807, 2.05) is 12.3 Å². The van der Waals surface area contributed by atoms with Crippen molar-refractivity contribution < 1.29 is 0 Å². The summed E-state index contributed by atoms with van der Waals surface area (Å²) in [7, 11) is 0. The predicted molar refractivity (Wildman–Crippen MR) is 88.0 cm³/mol. The van der Waals surface area contributed by atoms with Crippen LogP contribution in [-0.4, -0.2) is 40.2 Å². The van der Waals surface area contributed by atoms with Crippen LogP contribution in [0.4, 0.5) is 0 Å². The van der Waals surface area contributed by atoms with Crippen molar-refractivity contribution in [2.75, 3.05) is 19.6 Å². The summed E-state index contributed by atoms with van der Waals surface area (Å²) in [6.07, 6.45) is 9.27. The van der Waals surface area contributed by atoms with Gasteiger partial charge in [0.2, 0.25) is 0 Å². The zero-order valence-corrected chi connectivity index (χ0v) is 13.1. The quantitative estimate of drug-likeness (QED) is 0.911. The van der Waals surface area contributed by atoms with Gasteiger partial charge in [0.1, 0.15) is 11.3 Å². The summed E-state index contributed by atoms with van der Waals surface area (Å²) in [5, 5.41) is 7.18. The highest BCUT2D eigenvalue weighted by Crippen LogP contribution is 2.25. The average Bonchev–Trinajstić information content (AvgIpc) is 2.94. The van der Waals surface area contributed by atoms with Gasteiger partial charge in [-0.2, -0.15) is 0 Å². The second kappa shape index (κ2) is 6.34. The lowest BCUT2D eigenvalue weighted by molar-refractivity contribution is 0.351. The minimum absolute atomic E-state index is 0.493. The Bertz CT molecular complexity index is 623. The molecule has 5 heteroatoms. The summed E-state index contributed by atoms with van der Waals surface area (Å²) in [5.41, 5.74) is 2.10. The van der Waals surface area contributed by atoms with Crippen molar-refractivity contribution in [2.45, 2.75) is 50.6 Å². The fraction of sp³-hybridized carbons (Fsp3) is 0.647. The second-order valence-corrected chi connectivity index (χ2v) is 6.60. The number of hydrogen-bond acceptors (Lipinski definition) is 4. The molecule has 0 radical (unpaired) electrons. The Balaban J connectivity index is 1.68. The maximum absolute atomic E-state index is 4.91. The number of fused-ring (bicyclic) bond motifs is 1. The van der Waals surface area contributed by atoms with Crippen LogP contribution < -0.4 is 10.6 Å². The molecule has 0 amide bonds. The SMILES string of the molecule is c1cnc2c(c1)nc(CC1CCCCN1)n2C1CCCNC1. The Morgan fingerprint density at radius 3 is 3.00 bits per heavy atom. The van der Waals surface area contributed by atoms with Crippen LogP contribution in [0.3, 0.4) is 0 Å². The van der Waals surface area contributed by atoms with Crippen molar-refractivity contribution >= 4 is 11.2 Å². The monoisotopic (exact) mass is 299 g/mol. The third-order valence-electron chi connectivity index (χ3n) is 5.00. The molecule has 2 aliphatic heterocycles. The van der Waals surface area contributed by atoms with E-state index in [-0.39, 0.29) is 0 Å². The van der Waals surface area contributed by atoms with Crippen molar-refractivity contribution in [3.8, 4) is 0 Å². The minimum Gasteiger partial charge on any atom is -0.315 e. The molecule has 0 bridgehead atoms. The molecular formula is C17H25N5. The number of aromatic nitrogens is 3. The molecule has 2 saturated heterocycles. The highest BCUT2D eigenvalue weighted by atomic mass is 15.2. The van der Waals surface area contributed by atoms with Crippen LogP contribution in [0, 0.1) is 0 Å². The molecule has 4 heterocycles. The first-order chi connectivity index (χ1) is 10.9. The summed E-state index contributed by atoms with van der Waals surface area (Å²) >= 11 is 0. The Morgan fingerprint density at radius 1 is 1.18 bits per heavy atom. The first kappa shape index (κ1) is 14.2. The standard InChI is InChI=1S/C17H25N5/c1-2-9-19-13(5-1)11-16-21-15-7-4-10-20-17(15)22(16)14-6-3-8-18-12-14/h4,7,10,13-14,18-19H,1-3,5-6,8-9,11-12H2. The van der Waals surface area contributed by atoms with Crippen LogP contribution in [0.1, 0.15) is 44.0 Å². The van der Waals surface area contributed by atoms with E-state index in [1.165, 1.54) is 37.9 Å². The largest absolute Gasteiger partial charge is 0.315 e. The maximum atomic E-state index is 4.91.